The van der Waals surface area contributed by atoms with Crippen molar-refractivity contribution in [3.05, 3.63) is 64.1 Å². The van der Waals surface area contributed by atoms with Crippen molar-refractivity contribution in [1.29, 1.82) is 0 Å². The summed E-state index contributed by atoms with van der Waals surface area (Å²) < 4.78 is 1.61. The van der Waals surface area contributed by atoms with E-state index in [1.807, 2.05) is 16.8 Å². The van der Waals surface area contributed by atoms with Gasteiger partial charge in [0.2, 0.25) is 5.91 Å². The third-order valence-corrected chi connectivity index (χ3v) is 4.63. The number of benzene rings is 1. The Morgan fingerprint density at radius 2 is 1.85 bits per heavy atom. The van der Waals surface area contributed by atoms with Crippen molar-refractivity contribution < 1.29 is 14.4 Å². The molecule has 9 heteroatoms. The molecule has 0 aliphatic carbocycles. The monoisotopic (exact) mass is 367 g/mol. The zero-order chi connectivity index (χ0) is 18.1. The van der Waals surface area contributed by atoms with Gasteiger partial charge < -0.3 is 5.32 Å². The summed E-state index contributed by atoms with van der Waals surface area (Å²) in [5.41, 5.74) is 2.12. The molecule has 0 bridgehead atoms. The third kappa shape index (κ3) is 2.88. The topological polar surface area (TPSA) is 97.2 Å². The second-order valence-electron chi connectivity index (χ2n) is 5.65. The molecule has 0 saturated heterocycles. The molecule has 1 N–H and O–H groups in total. The van der Waals surface area contributed by atoms with Gasteiger partial charge in [0.1, 0.15) is 12.2 Å². The second kappa shape index (κ2) is 6.52. The molecule has 1 aromatic carbocycles. The number of carbonyl (C=O) groups is 3. The predicted octanol–water partition coefficient (Wildman–Crippen LogP) is 1.24. The lowest BCUT2D eigenvalue weighted by Gasteiger charge is -2.13. The van der Waals surface area contributed by atoms with E-state index in [9.17, 15) is 14.4 Å². The molecular formula is C17H13N5O3S. The van der Waals surface area contributed by atoms with Crippen LogP contribution in [-0.4, -0.2) is 44.2 Å². The molecular weight excluding hydrogens is 354 g/mol. The van der Waals surface area contributed by atoms with Gasteiger partial charge in [-0.05, 0) is 23.6 Å². The van der Waals surface area contributed by atoms with E-state index in [2.05, 4.69) is 15.6 Å². The van der Waals surface area contributed by atoms with Crippen LogP contribution in [-0.2, 0) is 11.3 Å². The van der Waals surface area contributed by atoms with Gasteiger partial charge in [-0.1, -0.05) is 17.3 Å². The Balaban J connectivity index is 1.37. The molecule has 130 valence electrons. The van der Waals surface area contributed by atoms with Crippen LogP contribution in [0.4, 0.5) is 0 Å². The Kier molecular flexibility index (Phi) is 4.05. The summed E-state index contributed by atoms with van der Waals surface area (Å²) in [5, 5.41) is 14.5. The molecule has 0 unspecified atom stereocenters. The Bertz CT molecular complexity index is 961. The normalized spacial score (nSPS) is 13.2. The summed E-state index contributed by atoms with van der Waals surface area (Å²) in [4.78, 5) is 37.6. The molecule has 4 rings (SSSR count). The van der Waals surface area contributed by atoms with Gasteiger partial charge in [-0.15, -0.1) is 5.10 Å². The molecule has 0 fully saturated rings. The first-order chi connectivity index (χ1) is 12.6. The van der Waals surface area contributed by atoms with E-state index < -0.39 is 17.7 Å². The summed E-state index contributed by atoms with van der Waals surface area (Å²) in [6.45, 7) is -0.169. The number of carbonyl (C=O) groups excluding carboxylic acids is 3. The highest BCUT2D eigenvalue weighted by molar-refractivity contribution is 7.08. The fourth-order valence-electron chi connectivity index (χ4n) is 2.66. The Hall–Kier alpha value is -3.33. The van der Waals surface area contributed by atoms with Crippen LogP contribution in [0.25, 0.3) is 5.69 Å². The van der Waals surface area contributed by atoms with Crippen molar-refractivity contribution in [2.24, 2.45) is 0 Å². The number of thiophene rings is 1. The van der Waals surface area contributed by atoms with E-state index in [4.69, 9.17) is 0 Å². The average molecular weight is 367 g/mol. The second-order valence-corrected chi connectivity index (χ2v) is 6.43. The quantitative estimate of drug-likeness (QED) is 0.685. The number of aromatic nitrogens is 3. The van der Waals surface area contributed by atoms with Crippen molar-refractivity contribution in [3.8, 4) is 5.69 Å². The minimum atomic E-state index is -0.454. The highest BCUT2D eigenvalue weighted by atomic mass is 32.1. The molecule has 1 aliphatic rings. The number of hydrogen-bond donors (Lipinski definition) is 1. The highest BCUT2D eigenvalue weighted by Crippen LogP contribution is 2.21. The number of amides is 3. The number of hydrogen-bond acceptors (Lipinski definition) is 6. The van der Waals surface area contributed by atoms with Crippen LogP contribution < -0.4 is 5.32 Å². The van der Waals surface area contributed by atoms with Gasteiger partial charge in [-0.25, -0.2) is 4.68 Å². The van der Waals surface area contributed by atoms with E-state index in [1.54, 1.807) is 46.5 Å². The van der Waals surface area contributed by atoms with Crippen LogP contribution in [0.1, 0.15) is 26.4 Å². The van der Waals surface area contributed by atoms with Crippen LogP contribution in [0.5, 0.6) is 0 Å². The van der Waals surface area contributed by atoms with Gasteiger partial charge in [-0.3, -0.25) is 19.3 Å². The molecule has 3 amide bonds. The molecule has 3 heterocycles. The predicted molar refractivity (Wildman–Crippen MR) is 92.9 cm³/mol. The average Bonchev–Trinajstić information content (AvgIpc) is 3.38. The summed E-state index contributed by atoms with van der Waals surface area (Å²) >= 11 is 1.55. The Morgan fingerprint density at radius 3 is 2.50 bits per heavy atom. The van der Waals surface area contributed by atoms with Crippen LogP contribution in [0, 0.1) is 0 Å². The molecule has 0 radical (unpaired) electrons. The maximum absolute atomic E-state index is 12.3. The van der Waals surface area contributed by atoms with Crippen molar-refractivity contribution in [3.63, 3.8) is 0 Å². The van der Waals surface area contributed by atoms with Gasteiger partial charge >= 0.3 is 0 Å². The lowest BCUT2D eigenvalue weighted by atomic mass is 10.1. The van der Waals surface area contributed by atoms with E-state index in [0.29, 0.717) is 16.8 Å². The van der Waals surface area contributed by atoms with Crippen molar-refractivity contribution >= 4 is 29.1 Å². The molecule has 1 aliphatic heterocycles. The fraction of sp³-hybridized carbons (Fsp3) is 0.118. The van der Waals surface area contributed by atoms with Crippen molar-refractivity contribution in [1.82, 2.24) is 25.2 Å². The SMILES string of the molecule is O=C(CN1C(=O)c2ccccc2C1=O)NCc1cn(-c2ccsc2)nn1. The summed E-state index contributed by atoms with van der Waals surface area (Å²) in [5.74, 6) is -1.35. The summed E-state index contributed by atoms with van der Waals surface area (Å²) in [6, 6.07) is 8.44. The molecule has 8 nitrogen and oxygen atoms in total. The standard InChI is InChI=1S/C17H13N5O3S/c23-15(9-21-16(24)13-3-1-2-4-14(13)17(21)25)18-7-11-8-22(20-19-11)12-5-6-26-10-12/h1-6,8,10H,7,9H2,(H,18,23). The van der Waals surface area contributed by atoms with Gasteiger partial charge in [-0.2, -0.15) is 11.3 Å². The van der Waals surface area contributed by atoms with Crippen LogP contribution in [0.3, 0.4) is 0 Å². The summed E-state index contributed by atoms with van der Waals surface area (Å²) in [7, 11) is 0. The number of nitrogens with zero attached hydrogens (tertiary/aromatic N) is 4. The maximum Gasteiger partial charge on any atom is 0.262 e. The lowest BCUT2D eigenvalue weighted by molar-refractivity contribution is -0.121. The number of fused-ring (bicyclic) bond motifs is 1. The van der Waals surface area contributed by atoms with E-state index in [1.165, 1.54) is 0 Å². The number of imide groups is 1. The van der Waals surface area contributed by atoms with Crippen molar-refractivity contribution in [2.45, 2.75) is 6.54 Å². The smallest absolute Gasteiger partial charge is 0.262 e. The zero-order valence-corrected chi connectivity index (χ0v) is 14.3. The minimum absolute atomic E-state index is 0.159. The van der Waals surface area contributed by atoms with Gasteiger partial charge in [0.15, 0.2) is 0 Å². The van der Waals surface area contributed by atoms with Crippen LogP contribution in [0.2, 0.25) is 0 Å². The Labute approximate surface area is 152 Å². The van der Waals surface area contributed by atoms with Gasteiger partial charge in [0.25, 0.3) is 11.8 Å². The first-order valence-electron chi connectivity index (χ1n) is 7.79. The molecule has 0 atom stereocenters. The molecule has 3 aromatic rings. The molecule has 2 aromatic heterocycles. The number of rotatable bonds is 5. The van der Waals surface area contributed by atoms with Gasteiger partial charge in [0, 0.05) is 5.38 Å². The van der Waals surface area contributed by atoms with Crippen LogP contribution in [0.15, 0.2) is 47.3 Å². The maximum atomic E-state index is 12.3. The van der Waals surface area contributed by atoms with E-state index in [-0.39, 0.29) is 13.1 Å². The fourth-order valence-corrected chi connectivity index (χ4v) is 3.29. The highest BCUT2D eigenvalue weighted by Gasteiger charge is 2.36. The first kappa shape index (κ1) is 16.2. The largest absolute Gasteiger partial charge is 0.349 e. The molecule has 0 spiro atoms. The van der Waals surface area contributed by atoms with Crippen molar-refractivity contribution in [2.75, 3.05) is 6.54 Å². The molecule has 26 heavy (non-hydrogen) atoms. The minimum Gasteiger partial charge on any atom is -0.349 e. The summed E-state index contributed by atoms with van der Waals surface area (Å²) in [6.07, 6.45) is 1.71. The number of nitrogens with one attached hydrogen (secondary N) is 1. The van der Waals surface area contributed by atoms with E-state index in [0.717, 1.165) is 10.6 Å². The zero-order valence-electron chi connectivity index (χ0n) is 13.5. The Morgan fingerprint density at radius 1 is 1.12 bits per heavy atom. The van der Waals surface area contributed by atoms with Gasteiger partial charge in [0.05, 0.1) is 29.6 Å². The van der Waals surface area contributed by atoms with E-state index >= 15 is 0 Å². The lowest BCUT2D eigenvalue weighted by Crippen LogP contribution is -2.40. The first-order valence-corrected chi connectivity index (χ1v) is 8.73. The van der Waals surface area contributed by atoms with Crippen LogP contribution >= 0.6 is 11.3 Å². The molecule has 0 saturated carbocycles. The third-order valence-electron chi connectivity index (χ3n) is 3.96.